The summed E-state index contributed by atoms with van der Waals surface area (Å²) in [6, 6.07) is 11.1. The lowest BCUT2D eigenvalue weighted by Crippen LogP contribution is -2.38. The predicted molar refractivity (Wildman–Crippen MR) is 87.2 cm³/mol. The van der Waals surface area contributed by atoms with E-state index in [0.29, 0.717) is 25.4 Å². The number of hydrogen-bond acceptors (Lipinski definition) is 3. The van der Waals surface area contributed by atoms with Crippen molar-refractivity contribution < 1.29 is 4.79 Å². The van der Waals surface area contributed by atoms with Gasteiger partial charge in [-0.3, -0.25) is 9.69 Å². The van der Waals surface area contributed by atoms with Gasteiger partial charge in [-0.25, -0.2) is 0 Å². The van der Waals surface area contributed by atoms with Gasteiger partial charge in [-0.15, -0.1) is 0 Å². The molecule has 0 N–H and O–H groups in total. The fraction of sp³-hybridized carbons (Fsp3) is 0.556. The summed E-state index contributed by atoms with van der Waals surface area (Å²) < 4.78 is 0. The highest BCUT2D eigenvalue weighted by Gasteiger charge is 2.26. The molecule has 0 radical (unpaired) electrons. The van der Waals surface area contributed by atoms with Crippen molar-refractivity contribution in [2.24, 2.45) is 0 Å². The molecule has 1 atom stereocenters. The van der Waals surface area contributed by atoms with Crippen molar-refractivity contribution in [3.63, 3.8) is 0 Å². The molecule has 1 aliphatic heterocycles. The van der Waals surface area contributed by atoms with Gasteiger partial charge in [0.15, 0.2) is 0 Å². The Hall–Kier alpha value is -1.86. The summed E-state index contributed by atoms with van der Waals surface area (Å²) in [7, 11) is 1.78. The largest absolute Gasteiger partial charge is 0.345 e. The number of amides is 1. The third-order valence-electron chi connectivity index (χ3n) is 4.51. The van der Waals surface area contributed by atoms with Gasteiger partial charge in [-0.05, 0) is 24.0 Å². The van der Waals surface area contributed by atoms with Crippen LogP contribution in [-0.4, -0.2) is 42.4 Å². The van der Waals surface area contributed by atoms with Crippen LogP contribution in [0.5, 0.6) is 0 Å². The van der Waals surface area contributed by atoms with E-state index in [0.717, 1.165) is 25.9 Å². The summed E-state index contributed by atoms with van der Waals surface area (Å²) in [5.74, 6) is 0.129. The van der Waals surface area contributed by atoms with E-state index in [1.165, 1.54) is 11.1 Å². The molecule has 0 unspecified atom stereocenters. The van der Waals surface area contributed by atoms with Crippen molar-refractivity contribution in [1.82, 2.24) is 9.80 Å². The molecule has 4 heteroatoms. The Kier molecular flexibility index (Phi) is 5.97. The molecule has 0 saturated heterocycles. The molecule has 2 rings (SSSR count). The molecule has 0 saturated carbocycles. The van der Waals surface area contributed by atoms with Crippen LogP contribution in [0, 0.1) is 11.3 Å². The maximum absolute atomic E-state index is 12.1. The molecule has 0 fully saturated rings. The lowest BCUT2D eigenvalue weighted by Gasteiger charge is -2.37. The van der Waals surface area contributed by atoms with Gasteiger partial charge in [0, 0.05) is 39.1 Å². The maximum Gasteiger partial charge on any atom is 0.223 e. The zero-order valence-electron chi connectivity index (χ0n) is 13.6. The average Bonchev–Trinajstić information content (AvgIpc) is 2.56. The van der Waals surface area contributed by atoms with Crippen LogP contribution in [0.15, 0.2) is 24.3 Å². The van der Waals surface area contributed by atoms with Crippen molar-refractivity contribution >= 4 is 5.91 Å². The molecule has 0 bridgehead atoms. The van der Waals surface area contributed by atoms with E-state index in [2.05, 4.69) is 42.2 Å². The Morgan fingerprint density at radius 2 is 2.23 bits per heavy atom. The SMILES string of the molecule is CC[C@@H]1c2ccccc2CCN1CCC(=O)N(C)CCC#N. The number of nitriles is 1. The first-order chi connectivity index (χ1) is 10.7. The smallest absolute Gasteiger partial charge is 0.223 e. The van der Waals surface area contributed by atoms with Crippen LogP contribution in [0.2, 0.25) is 0 Å². The molecule has 118 valence electrons. The number of carbonyl (C=O) groups is 1. The number of benzene rings is 1. The van der Waals surface area contributed by atoms with Gasteiger partial charge >= 0.3 is 0 Å². The van der Waals surface area contributed by atoms with Gasteiger partial charge in [0.25, 0.3) is 0 Å². The van der Waals surface area contributed by atoms with E-state index >= 15 is 0 Å². The standard InChI is InChI=1S/C18H25N3O/c1-3-17-16-8-5-4-7-15(16)9-13-21(17)14-10-18(22)20(2)12-6-11-19/h4-5,7-8,17H,3,6,9-10,12-14H2,1-2H3/t17-/m1/s1. The zero-order valence-corrected chi connectivity index (χ0v) is 13.6. The van der Waals surface area contributed by atoms with E-state index in [-0.39, 0.29) is 5.91 Å². The van der Waals surface area contributed by atoms with Crippen LogP contribution in [0.3, 0.4) is 0 Å². The molecule has 22 heavy (non-hydrogen) atoms. The molecule has 4 nitrogen and oxygen atoms in total. The number of carbonyl (C=O) groups excluding carboxylic acids is 1. The average molecular weight is 299 g/mol. The van der Waals surface area contributed by atoms with E-state index < -0.39 is 0 Å². The Morgan fingerprint density at radius 3 is 2.95 bits per heavy atom. The van der Waals surface area contributed by atoms with Gasteiger partial charge in [0.05, 0.1) is 12.5 Å². The predicted octanol–water partition coefficient (Wildman–Crippen LogP) is 2.76. The van der Waals surface area contributed by atoms with Crippen molar-refractivity contribution in [2.75, 3.05) is 26.7 Å². The number of fused-ring (bicyclic) bond motifs is 1. The fourth-order valence-electron chi connectivity index (χ4n) is 3.22. The fourth-order valence-corrected chi connectivity index (χ4v) is 3.22. The van der Waals surface area contributed by atoms with Gasteiger partial charge < -0.3 is 4.90 Å². The van der Waals surface area contributed by atoms with Crippen LogP contribution in [0.25, 0.3) is 0 Å². The molecule has 1 aromatic rings. The summed E-state index contributed by atoms with van der Waals surface area (Å²) in [6.45, 7) is 4.54. The van der Waals surface area contributed by atoms with E-state index in [1.54, 1.807) is 11.9 Å². The minimum Gasteiger partial charge on any atom is -0.345 e. The summed E-state index contributed by atoms with van der Waals surface area (Å²) in [4.78, 5) is 16.2. The van der Waals surface area contributed by atoms with Gasteiger partial charge in [0.1, 0.15) is 0 Å². The van der Waals surface area contributed by atoms with Crippen molar-refractivity contribution in [3.05, 3.63) is 35.4 Å². The first-order valence-electron chi connectivity index (χ1n) is 8.10. The van der Waals surface area contributed by atoms with Crippen LogP contribution in [0.4, 0.5) is 0 Å². The topological polar surface area (TPSA) is 47.3 Å². The Labute approximate surface area is 133 Å². The number of nitrogens with zero attached hydrogens (tertiary/aromatic N) is 3. The lowest BCUT2D eigenvalue weighted by molar-refractivity contribution is -0.130. The van der Waals surface area contributed by atoms with E-state index in [9.17, 15) is 4.79 Å². The van der Waals surface area contributed by atoms with Crippen LogP contribution in [0.1, 0.15) is 43.4 Å². The van der Waals surface area contributed by atoms with Crippen LogP contribution < -0.4 is 0 Å². The summed E-state index contributed by atoms with van der Waals surface area (Å²) in [5.41, 5.74) is 2.87. The van der Waals surface area contributed by atoms with E-state index in [1.807, 2.05) is 0 Å². The molecule has 1 aromatic carbocycles. The molecule has 0 spiro atoms. The Balaban J connectivity index is 1.93. The third-order valence-corrected chi connectivity index (χ3v) is 4.51. The normalized spacial score (nSPS) is 17.6. The maximum atomic E-state index is 12.1. The number of hydrogen-bond donors (Lipinski definition) is 0. The Morgan fingerprint density at radius 1 is 1.45 bits per heavy atom. The summed E-state index contributed by atoms with van der Waals surface area (Å²) in [5, 5.41) is 8.59. The first-order valence-corrected chi connectivity index (χ1v) is 8.10. The zero-order chi connectivity index (χ0) is 15.9. The molecule has 0 aromatic heterocycles. The highest BCUT2D eigenvalue weighted by molar-refractivity contribution is 5.76. The molecule has 0 aliphatic carbocycles. The minimum absolute atomic E-state index is 0.129. The molecule has 1 heterocycles. The molecular weight excluding hydrogens is 274 g/mol. The molecule has 1 amide bonds. The highest BCUT2D eigenvalue weighted by Crippen LogP contribution is 2.31. The Bertz CT molecular complexity index is 550. The third kappa shape index (κ3) is 3.86. The molecular formula is C18H25N3O. The molecule has 1 aliphatic rings. The highest BCUT2D eigenvalue weighted by atomic mass is 16.2. The van der Waals surface area contributed by atoms with Crippen LogP contribution in [-0.2, 0) is 11.2 Å². The summed E-state index contributed by atoms with van der Waals surface area (Å²) in [6.07, 6.45) is 3.05. The monoisotopic (exact) mass is 299 g/mol. The second kappa shape index (κ2) is 7.95. The second-order valence-corrected chi connectivity index (χ2v) is 5.88. The second-order valence-electron chi connectivity index (χ2n) is 5.88. The summed E-state index contributed by atoms with van der Waals surface area (Å²) >= 11 is 0. The number of rotatable bonds is 6. The first kappa shape index (κ1) is 16.5. The van der Waals surface area contributed by atoms with Gasteiger partial charge in [-0.2, -0.15) is 5.26 Å². The van der Waals surface area contributed by atoms with Gasteiger partial charge in [-0.1, -0.05) is 31.2 Å². The van der Waals surface area contributed by atoms with Crippen LogP contribution >= 0.6 is 0 Å². The van der Waals surface area contributed by atoms with Crippen molar-refractivity contribution in [3.8, 4) is 6.07 Å². The van der Waals surface area contributed by atoms with E-state index in [4.69, 9.17) is 5.26 Å². The lowest BCUT2D eigenvalue weighted by atomic mass is 9.91. The quantitative estimate of drug-likeness (QED) is 0.811. The van der Waals surface area contributed by atoms with Crippen molar-refractivity contribution in [2.45, 2.75) is 38.6 Å². The van der Waals surface area contributed by atoms with Gasteiger partial charge in [0.2, 0.25) is 5.91 Å². The van der Waals surface area contributed by atoms with Crippen molar-refractivity contribution in [1.29, 1.82) is 5.26 Å². The minimum atomic E-state index is 0.129.